The predicted octanol–water partition coefficient (Wildman–Crippen LogP) is 4.67. The topological polar surface area (TPSA) is 97.9 Å². The summed E-state index contributed by atoms with van der Waals surface area (Å²) in [6, 6.07) is 14.4. The van der Waals surface area contributed by atoms with Gasteiger partial charge in [0, 0.05) is 22.3 Å². The monoisotopic (exact) mass is 444 g/mol. The van der Waals surface area contributed by atoms with Gasteiger partial charge in [0.1, 0.15) is 18.0 Å². The molecule has 7 nitrogen and oxygen atoms in total. The highest BCUT2D eigenvalue weighted by molar-refractivity contribution is 6.36. The first-order chi connectivity index (χ1) is 15.6. The molecule has 160 valence electrons. The van der Waals surface area contributed by atoms with E-state index in [4.69, 9.17) is 17.3 Å². The second kappa shape index (κ2) is 8.01. The molecule has 8 heteroatoms. The Labute approximate surface area is 189 Å². The molecule has 1 atom stereocenters. The molecule has 0 radical (unpaired) electrons. The number of nitrogen functional groups attached to an aromatic ring is 1. The van der Waals surface area contributed by atoms with E-state index in [1.165, 1.54) is 6.33 Å². The first-order valence-electron chi connectivity index (χ1n) is 10.3. The largest absolute Gasteiger partial charge is 0.398 e. The van der Waals surface area contributed by atoms with Crippen LogP contribution in [-0.4, -0.2) is 14.5 Å². The van der Waals surface area contributed by atoms with Gasteiger partial charge in [-0.2, -0.15) is 0 Å². The van der Waals surface area contributed by atoms with Gasteiger partial charge < -0.3 is 16.4 Å². The number of hydrogen-bond donors (Lipinski definition) is 3. The molecule has 0 bridgehead atoms. The molecule has 4 aromatic rings. The Morgan fingerprint density at radius 1 is 1.16 bits per heavy atom. The zero-order valence-electron chi connectivity index (χ0n) is 17.3. The molecule has 3 heterocycles. The van der Waals surface area contributed by atoms with Crippen molar-refractivity contribution < 1.29 is 0 Å². The third-order valence-electron chi connectivity index (χ3n) is 5.60. The van der Waals surface area contributed by atoms with Gasteiger partial charge in [0.25, 0.3) is 5.56 Å². The molecule has 1 aliphatic heterocycles. The van der Waals surface area contributed by atoms with Gasteiger partial charge in [-0.05, 0) is 37.7 Å². The zero-order chi connectivity index (χ0) is 22.2. The first-order valence-corrected chi connectivity index (χ1v) is 10.6. The van der Waals surface area contributed by atoms with Crippen LogP contribution in [0.2, 0.25) is 5.02 Å². The number of anilines is 3. The fourth-order valence-corrected chi connectivity index (χ4v) is 4.51. The van der Waals surface area contributed by atoms with Crippen molar-refractivity contribution >= 4 is 39.7 Å². The lowest BCUT2D eigenvalue weighted by Crippen LogP contribution is -2.27. The number of benzene rings is 2. The van der Waals surface area contributed by atoms with Crippen molar-refractivity contribution in [2.75, 3.05) is 16.4 Å². The number of nitrogens with one attached hydrogen (secondary N) is 2. The van der Waals surface area contributed by atoms with E-state index in [2.05, 4.69) is 20.6 Å². The normalized spacial score (nSPS) is 13.4. The van der Waals surface area contributed by atoms with Crippen molar-refractivity contribution in [3.8, 4) is 5.69 Å². The van der Waals surface area contributed by atoms with Gasteiger partial charge in [0.15, 0.2) is 0 Å². The summed E-state index contributed by atoms with van der Waals surface area (Å²) < 4.78 is 1.63. The number of aromatic nitrogens is 3. The SMILES string of the molecule is C[C@H](Nc1ncnc2c1CC=CN2)c1c(Cl)c2cccc(N)c2c(=O)n1-c1ccccc1. The molecule has 32 heavy (non-hydrogen) atoms. The molecule has 1 aliphatic rings. The predicted molar refractivity (Wildman–Crippen MR) is 130 cm³/mol. The average Bonchev–Trinajstić information content (AvgIpc) is 2.82. The van der Waals surface area contributed by atoms with Gasteiger partial charge in [0.2, 0.25) is 0 Å². The van der Waals surface area contributed by atoms with E-state index in [0.717, 1.165) is 11.4 Å². The molecular formula is C24H21ClN6O. The molecule has 0 aliphatic carbocycles. The molecular weight excluding hydrogens is 424 g/mol. The zero-order valence-corrected chi connectivity index (χ0v) is 18.1. The van der Waals surface area contributed by atoms with Crippen LogP contribution in [0.5, 0.6) is 0 Å². The minimum absolute atomic E-state index is 0.216. The highest BCUT2D eigenvalue weighted by atomic mass is 35.5. The Bertz CT molecular complexity index is 1410. The smallest absolute Gasteiger partial charge is 0.265 e. The summed E-state index contributed by atoms with van der Waals surface area (Å²) in [6.45, 7) is 1.96. The number of hydrogen-bond acceptors (Lipinski definition) is 6. The van der Waals surface area contributed by atoms with Gasteiger partial charge >= 0.3 is 0 Å². The lowest BCUT2D eigenvalue weighted by atomic mass is 10.1. The quantitative estimate of drug-likeness (QED) is 0.396. The molecule has 0 amide bonds. The number of nitrogens with two attached hydrogens (primary N) is 1. The van der Waals surface area contributed by atoms with Crippen LogP contribution in [0, 0.1) is 0 Å². The van der Waals surface area contributed by atoms with Crippen LogP contribution >= 0.6 is 11.6 Å². The minimum atomic E-state index is -0.342. The fourth-order valence-electron chi connectivity index (χ4n) is 4.11. The lowest BCUT2D eigenvalue weighted by Gasteiger charge is -2.25. The highest BCUT2D eigenvalue weighted by Gasteiger charge is 2.24. The Morgan fingerprint density at radius 3 is 2.78 bits per heavy atom. The number of fused-ring (bicyclic) bond motifs is 2. The number of pyridine rings is 1. The maximum atomic E-state index is 13.7. The van der Waals surface area contributed by atoms with Gasteiger partial charge in [-0.25, -0.2) is 9.97 Å². The average molecular weight is 445 g/mol. The van der Waals surface area contributed by atoms with Gasteiger partial charge in [-0.1, -0.05) is 48.0 Å². The van der Waals surface area contributed by atoms with E-state index in [1.807, 2.05) is 55.6 Å². The number of allylic oxidation sites excluding steroid dienone is 1. The van der Waals surface area contributed by atoms with E-state index in [1.54, 1.807) is 16.7 Å². The third kappa shape index (κ3) is 3.27. The van der Waals surface area contributed by atoms with Crippen molar-refractivity contribution in [1.29, 1.82) is 0 Å². The van der Waals surface area contributed by atoms with Crippen LogP contribution in [-0.2, 0) is 6.42 Å². The molecule has 0 saturated heterocycles. The van der Waals surface area contributed by atoms with Crippen LogP contribution in [0.25, 0.3) is 16.5 Å². The van der Waals surface area contributed by atoms with Crippen molar-refractivity contribution in [3.05, 3.63) is 93.8 Å². The van der Waals surface area contributed by atoms with Crippen LogP contribution in [0.3, 0.4) is 0 Å². The van der Waals surface area contributed by atoms with E-state index in [0.29, 0.717) is 45.1 Å². The summed E-state index contributed by atoms with van der Waals surface area (Å²) in [4.78, 5) is 22.4. The molecule has 2 aromatic carbocycles. The van der Waals surface area contributed by atoms with Crippen molar-refractivity contribution in [2.24, 2.45) is 0 Å². The molecule has 0 unspecified atom stereocenters. The van der Waals surface area contributed by atoms with Crippen molar-refractivity contribution in [2.45, 2.75) is 19.4 Å². The number of para-hydroxylation sites is 1. The summed E-state index contributed by atoms with van der Waals surface area (Å²) in [5.41, 5.74) is 8.66. The molecule has 2 aromatic heterocycles. The molecule has 0 spiro atoms. The van der Waals surface area contributed by atoms with Crippen LogP contribution in [0.15, 0.2) is 71.9 Å². The minimum Gasteiger partial charge on any atom is -0.398 e. The number of nitrogens with zero attached hydrogens (tertiary/aromatic N) is 3. The van der Waals surface area contributed by atoms with Crippen LogP contribution in [0.4, 0.5) is 17.3 Å². The fraction of sp³-hybridized carbons (Fsp3) is 0.125. The molecule has 4 N–H and O–H groups in total. The third-order valence-corrected chi connectivity index (χ3v) is 6.00. The Kier molecular flexibility index (Phi) is 5.03. The van der Waals surface area contributed by atoms with Crippen molar-refractivity contribution in [3.63, 3.8) is 0 Å². The standard InChI is InChI=1S/C24H21ClN6O/c1-14(30-23-17-10-6-12-27-22(17)28-13-29-23)21-20(25)16-9-5-11-18(26)19(16)24(32)31(21)15-7-3-2-4-8-15/h2-9,11-14H,10,26H2,1H3,(H2,27,28,29,30)/t14-/m0/s1. The maximum absolute atomic E-state index is 13.7. The maximum Gasteiger partial charge on any atom is 0.265 e. The van der Waals surface area contributed by atoms with E-state index < -0.39 is 0 Å². The molecule has 5 rings (SSSR count). The Balaban J connectivity index is 1.72. The van der Waals surface area contributed by atoms with E-state index in [-0.39, 0.29) is 11.6 Å². The summed E-state index contributed by atoms with van der Waals surface area (Å²) in [5, 5.41) is 8.08. The van der Waals surface area contributed by atoms with E-state index in [9.17, 15) is 4.79 Å². The molecule has 0 saturated carbocycles. The van der Waals surface area contributed by atoms with Crippen molar-refractivity contribution in [1.82, 2.24) is 14.5 Å². The first kappa shape index (κ1) is 20.1. The summed E-state index contributed by atoms with van der Waals surface area (Å²) in [6.07, 6.45) is 6.08. The number of halogens is 1. The second-order valence-electron chi connectivity index (χ2n) is 7.61. The van der Waals surface area contributed by atoms with Gasteiger partial charge in [-0.15, -0.1) is 0 Å². The lowest BCUT2D eigenvalue weighted by molar-refractivity contribution is 0.771. The summed E-state index contributed by atoms with van der Waals surface area (Å²) >= 11 is 6.93. The molecule has 0 fully saturated rings. The number of rotatable bonds is 4. The van der Waals surface area contributed by atoms with Crippen LogP contribution in [0.1, 0.15) is 24.2 Å². The van der Waals surface area contributed by atoms with Gasteiger partial charge in [0.05, 0.1) is 22.1 Å². The summed E-state index contributed by atoms with van der Waals surface area (Å²) in [5.74, 6) is 1.45. The second-order valence-corrected chi connectivity index (χ2v) is 7.99. The summed E-state index contributed by atoms with van der Waals surface area (Å²) in [7, 11) is 0. The van der Waals surface area contributed by atoms with E-state index >= 15 is 0 Å². The van der Waals surface area contributed by atoms with Crippen LogP contribution < -0.4 is 21.9 Å². The van der Waals surface area contributed by atoms with Gasteiger partial charge in [-0.3, -0.25) is 9.36 Å². The Morgan fingerprint density at radius 2 is 1.97 bits per heavy atom. The highest BCUT2D eigenvalue weighted by Crippen LogP contribution is 2.35. The Hall–Kier alpha value is -3.84.